The Kier molecular flexibility index (Phi) is 5.60. The van der Waals surface area contributed by atoms with E-state index in [9.17, 15) is 4.79 Å². The van der Waals surface area contributed by atoms with E-state index in [0.29, 0.717) is 24.7 Å². The van der Waals surface area contributed by atoms with Gasteiger partial charge in [-0.1, -0.05) is 30.6 Å². The van der Waals surface area contributed by atoms with Crippen molar-refractivity contribution in [2.24, 2.45) is 0 Å². The third kappa shape index (κ3) is 4.31. The van der Waals surface area contributed by atoms with E-state index in [4.69, 9.17) is 9.26 Å². The number of benzene rings is 2. The minimum Gasteiger partial charge on any atom is -0.494 e. The number of hydrogen-bond acceptors (Lipinski definition) is 5. The van der Waals surface area contributed by atoms with Crippen molar-refractivity contribution in [2.45, 2.75) is 39.0 Å². The van der Waals surface area contributed by atoms with Crippen LogP contribution in [0.3, 0.4) is 0 Å². The Bertz CT molecular complexity index is 981. The van der Waals surface area contributed by atoms with Gasteiger partial charge >= 0.3 is 0 Å². The summed E-state index contributed by atoms with van der Waals surface area (Å²) in [5.74, 6) is 1.85. The van der Waals surface area contributed by atoms with Crippen molar-refractivity contribution in [2.75, 3.05) is 18.1 Å². The van der Waals surface area contributed by atoms with Crippen LogP contribution in [0.1, 0.15) is 43.6 Å². The van der Waals surface area contributed by atoms with Gasteiger partial charge in [0.15, 0.2) is 0 Å². The van der Waals surface area contributed by atoms with Crippen LogP contribution < -0.4 is 9.64 Å². The minimum atomic E-state index is -0.0964. The Balaban J connectivity index is 1.44. The fourth-order valence-electron chi connectivity index (χ4n) is 3.47. The highest BCUT2D eigenvalue weighted by molar-refractivity contribution is 5.96. The predicted molar refractivity (Wildman–Crippen MR) is 111 cm³/mol. The summed E-state index contributed by atoms with van der Waals surface area (Å²) in [4.78, 5) is 18.9. The Labute approximate surface area is 170 Å². The molecule has 0 bridgehead atoms. The smallest absolute Gasteiger partial charge is 0.232 e. The second-order valence-electron chi connectivity index (χ2n) is 7.43. The molecule has 0 radical (unpaired) electrons. The number of unbranched alkanes of at least 4 members (excludes halogenated alkanes) is 1. The zero-order valence-corrected chi connectivity index (χ0v) is 16.8. The van der Waals surface area contributed by atoms with Crippen molar-refractivity contribution in [3.05, 3.63) is 60.0 Å². The molecule has 2 heterocycles. The summed E-state index contributed by atoms with van der Waals surface area (Å²) in [5.41, 5.74) is 2.90. The molecule has 6 heteroatoms. The number of aromatic nitrogens is 2. The molecule has 0 saturated carbocycles. The van der Waals surface area contributed by atoms with Crippen LogP contribution in [0.4, 0.5) is 5.69 Å². The lowest BCUT2D eigenvalue weighted by atomic mass is 10.1. The lowest BCUT2D eigenvalue weighted by Crippen LogP contribution is -2.24. The highest BCUT2D eigenvalue weighted by Gasteiger charge is 2.35. The van der Waals surface area contributed by atoms with Crippen molar-refractivity contribution in [1.82, 2.24) is 10.1 Å². The Morgan fingerprint density at radius 2 is 2.03 bits per heavy atom. The highest BCUT2D eigenvalue weighted by Crippen LogP contribution is 2.32. The Hall–Kier alpha value is -3.15. The van der Waals surface area contributed by atoms with Crippen LogP contribution in [0.25, 0.3) is 11.4 Å². The fraction of sp³-hybridized carbons (Fsp3) is 0.348. The van der Waals surface area contributed by atoms with Crippen molar-refractivity contribution in [3.63, 3.8) is 0 Å². The third-order valence-electron chi connectivity index (χ3n) is 5.11. The number of carbonyl (C=O) groups excluding carboxylic acids is 1. The second kappa shape index (κ2) is 8.47. The van der Waals surface area contributed by atoms with Crippen LogP contribution in [0.2, 0.25) is 0 Å². The van der Waals surface area contributed by atoms with Gasteiger partial charge in [0.1, 0.15) is 5.75 Å². The number of nitrogens with zero attached hydrogens (tertiary/aromatic N) is 3. The van der Waals surface area contributed by atoms with Crippen molar-refractivity contribution < 1.29 is 14.1 Å². The van der Waals surface area contributed by atoms with E-state index in [-0.39, 0.29) is 11.8 Å². The molecule has 0 N–H and O–H groups in total. The number of carbonyl (C=O) groups is 1. The van der Waals surface area contributed by atoms with E-state index < -0.39 is 0 Å². The Morgan fingerprint density at radius 3 is 2.79 bits per heavy atom. The minimum absolute atomic E-state index is 0.0777. The second-order valence-corrected chi connectivity index (χ2v) is 7.43. The number of rotatable bonds is 7. The van der Waals surface area contributed by atoms with Gasteiger partial charge in [-0.3, -0.25) is 4.79 Å². The molecule has 1 aliphatic heterocycles. The van der Waals surface area contributed by atoms with Gasteiger partial charge in [0.05, 0.1) is 12.5 Å². The molecule has 1 saturated heterocycles. The third-order valence-corrected chi connectivity index (χ3v) is 5.11. The first-order valence-corrected chi connectivity index (χ1v) is 10.1. The number of amides is 1. The normalized spacial score (nSPS) is 16.4. The van der Waals surface area contributed by atoms with Gasteiger partial charge in [-0.2, -0.15) is 4.98 Å². The van der Waals surface area contributed by atoms with E-state index >= 15 is 0 Å². The summed E-state index contributed by atoms with van der Waals surface area (Å²) in [6.07, 6.45) is 2.52. The fourth-order valence-corrected chi connectivity index (χ4v) is 3.47. The molecular weight excluding hydrogens is 366 g/mol. The van der Waals surface area contributed by atoms with Gasteiger partial charge in [-0.15, -0.1) is 0 Å². The van der Waals surface area contributed by atoms with Gasteiger partial charge in [-0.25, -0.2) is 0 Å². The molecule has 2 aromatic carbocycles. The largest absolute Gasteiger partial charge is 0.494 e. The monoisotopic (exact) mass is 391 g/mol. The standard InChI is InChI=1S/C23H25N3O3/c1-3-4-12-28-20-10-8-17(9-11-20)22-24-23(29-25-22)18-14-21(27)26(15-18)19-7-5-6-16(2)13-19/h5-11,13,18H,3-4,12,14-15H2,1-2H3. The summed E-state index contributed by atoms with van der Waals surface area (Å²) in [6.45, 7) is 5.42. The topological polar surface area (TPSA) is 68.5 Å². The van der Waals surface area contributed by atoms with E-state index in [2.05, 4.69) is 17.1 Å². The molecule has 1 atom stereocenters. The zero-order valence-electron chi connectivity index (χ0n) is 16.8. The van der Waals surface area contributed by atoms with Crippen molar-refractivity contribution in [3.8, 4) is 17.1 Å². The summed E-state index contributed by atoms with van der Waals surface area (Å²) in [6, 6.07) is 15.6. The Morgan fingerprint density at radius 1 is 1.21 bits per heavy atom. The molecule has 6 nitrogen and oxygen atoms in total. The highest BCUT2D eigenvalue weighted by atomic mass is 16.5. The van der Waals surface area contributed by atoms with Crippen LogP contribution >= 0.6 is 0 Å². The van der Waals surface area contributed by atoms with E-state index in [1.54, 1.807) is 4.90 Å². The average Bonchev–Trinajstić information content (AvgIpc) is 3.36. The molecule has 29 heavy (non-hydrogen) atoms. The quantitative estimate of drug-likeness (QED) is 0.544. The molecule has 1 fully saturated rings. The molecule has 3 aromatic rings. The van der Waals surface area contributed by atoms with Crippen LogP contribution in [-0.2, 0) is 4.79 Å². The molecule has 0 spiro atoms. The van der Waals surface area contributed by atoms with Gasteiger partial charge in [0, 0.05) is 24.2 Å². The molecule has 4 rings (SSSR count). The molecule has 1 aromatic heterocycles. The van der Waals surface area contributed by atoms with Crippen LogP contribution in [0.15, 0.2) is 53.1 Å². The lowest BCUT2D eigenvalue weighted by Gasteiger charge is -2.16. The van der Waals surface area contributed by atoms with Gasteiger partial charge in [-0.05, 0) is 55.3 Å². The molecule has 1 amide bonds. The number of ether oxygens (including phenoxy) is 1. The first-order valence-electron chi connectivity index (χ1n) is 10.1. The van der Waals surface area contributed by atoms with Crippen LogP contribution in [-0.4, -0.2) is 29.2 Å². The maximum atomic E-state index is 12.5. The molecule has 1 unspecified atom stereocenters. The maximum Gasteiger partial charge on any atom is 0.232 e. The number of anilines is 1. The number of hydrogen-bond donors (Lipinski definition) is 0. The van der Waals surface area contributed by atoms with Crippen molar-refractivity contribution >= 4 is 11.6 Å². The van der Waals surface area contributed by atoms with Gasteiger partial charge in [0.2, 0.25) is 17.6 Å². The molecule has 0 aliphatic carbocycles. The summed E-state index contributed by atoms with van der Waals surface area (Å²) in [7, 11) is 0. The number of aryl methyl sites for hydroxylation is 1. The molecule has 150 valence electrons. The zero-order chi connectivity index (χ0) is 20.2. The average molecular weight is 391 g/mol. The predicted octanol–water partition coefficient (Wildman–Crippen LogP) is 4.74. The molecular formula is C23H25N3O3. The van der Waals surface area contributed by atoms with E-state index in [1.165, 1.54) is 0 Å². The lowest BCUT2D eigenvalue weighted by molar-refractivity contribution is -0.117. The maximum absolute atomic E-state index is 12.5. The summed E-state index contributed by atoms with van der Waals surface area (Å²) in [5, 5.41) is 4.12. The summed E-state index contributed by atoms with van der Waals surface area (Å²) < 4.78 is 11.2. The first-order chi connectivity index (χ1) is 14.1. The van der Waals surface area contributed by atoms with Crippen LogP contribution in [0.5, 0.6) is 5.75 Å². The molecule has 1 aliphatic rings. The van der Waals surface area contributed by atoms with E-state index in [1.807, 2.05) is 55.5 Å². The SMILES string of the molecule is CCCCOc1ccc(-c2noc(C3CC(=O)N(c4cccc(C)c4)C3)n2)cc1. The van der Waals surface area contributed by atoms with Gasteiger partial charge in [0.25, 0.3) is 0 Å². The first kappa shape index (κ1) is 19.2. The van der Waals surface area contributed by atoms with Crippen molar-refractivity contribution in [1.29, 1.82) is 0 Å². The summed E-state index contributed by atoms with van der Waals surface area (Å²) >= 11 is 0. The van der Waals surface area contributed by atoms with E-state index in [0.717, 1.165) is 42.0 Å². The van der Waals surface area contributed by atoms with Gasteiger partial charge < -0.3 is 14.2 Å². The van der Waals surface area contributed by atoms with Crippen LogP contribution in [0, 0.1) is 6.92 Å².